The second kappa shape index (κ2) is 5.03. The molecule has 0 aromatic heterocycles. The summed E-state index contributed by atoms with van der Waals surface area (Å²) < 4.78 is 5.19. The van der Waals surface area contributed by atoms with E-state index in [1.165, 1.54) is 4.90 Å². The van der Waals surface area contributed by atoms with Gasteiger partial charge in [0.15, 0.2) is 0 Å². The highest BCUT2D eigenvalue weighted by Crippen LogP contribution is 2.31. The lowest BCUT2D eigenvalue weighted by Crippen LogP contribution is -2.48. The number of nitriles is 1. The predicted molar refractivity (Wildman–Crippen MR) is 62.0 cm³/mol. The highest BCUT2D eigenvalue weighted by atomic mass is 16.5. The predicted octanol–water partition coefficient (Wildman–Crippen LogP) is 0.536. The van der Waals surface area contributed by atoms with Crippen molar-refractivity contribution in [2.75, 3.05) is 26.8 Å². The summed E-state index contributed by atoms with van der Waals surface area (Å²) in [4.78, 5) is 13.7. The molecule has 0 atom stereocenters. The lowest BCUT2D eigenvalue weighted by Gasteiger charge is -2.35. The van der Waals surface area contributed by atoms with Gasteiger partial charge < -0.3 is 14.7 Å². The zero-order valence-corrected chi connectivity index (χ0v) is 10.7. The van der Waals surface area contributed by atoms with Gasteiger partial charge in [-0.1, -0.05) is 0 Å². The molecule has 0 radical (unpaired) electrons. The number of likely N-dealkylation sites (N-methyl/N-ethyl adjacent to an activating group) is 1. The monoisotopic (exact) mass is 240 g/mol. The topological polar surface area (TPSA) is 73.6 Å². The van der Waals surface area contributed by atoms with Gasteiger partial charge in [0.2, 0.25) is 5.91 Å². The summed E-state index contributed by atoms with van der Waals surface area (Å²) in [6.07, 6.45) is 0.858. The van der Waals surface area contributed by atoms with E-state index < -0.39 is 11.0 Å². The van der Waals surface area contributed by atoms with Crippen molar-refractivity contribution in [3.8, 4) is 6.07 Å². The van der Waals surface area contributed by atoms with E-state index in [0.717, 1.165) is 0 Å². The molecule has 1 rings (SSSR count). The van der Waals surface area contributed by atoms with Crippen LogP contribution in [-0.2, 0) is 9.53 Å². The van der Waals surface area contributed by atoms with Crippen LogP contribution in [0.15, 0.2) is 0 Å². The first-order chi connectivity index (χ1) is 7.81. The third-order valence-corrected chi connectivity index (χ3v) is 2.94. The number of ether oxygens (including phenoxy) is 1. The highest BCUT2D eigenvalue weighted by Gasteiger charge is 2.42. The van der Waals surface area contributed by atoms with Gasteiger partial charge in [-0.25, -0.2) is 0 Å². The molecule has 1 N–H and O–H groups in total. The third kappa shape index (κ3) is 3.42. The van der Waals surface area contributed by atoms with Gasteiger partial charge in [-0.15, -0.1) is 0 Å². The van der Waals surface area contributed by atoms with Crippen molar-refractivity contribution in [2.24, 2.45) is 5.41 Å². The van der Waals surface area contributed by atoms with E-state index in [4.69, 9.17) is 4.74 Å². The van der Waals surface area contributed by atoms with Crippen LogP contribution in [-0.4, -0.2) is 48.3 Å². The maximum Gasteiger partial charge on any atom is 0.243 e. The Kier molecular flexibility index (Phi) is 4.12. The van der Waals surface area contributed by atoms with Crippen molar-refractivity contribution in [1.29, 1.82) is 5.26 Å². The van der Waals surface area contributed by atoms with Gasteiger partial charge >= 0.3 is 0 Å². The van der Waals surface area contributed by atoms with E-state index in [9.17, 15) is 15.2 Å². The summed E-state index contributed by atoms with van der Waals surface area (Å²) in [5.74, 6) is -0.217. The molecule has 17 heavy (non-hydrogen) atoms. The van der Waals surface area contributed by atoms with Crippen molar-refractivity contribution < 1.29 is 14.6 Å². The van der Waals surface area contributed by atoms with Crippen LogP contribution >= 0.6 is 0 Å². The van der Waals surface area contributed by atoms with Crippen LogP contribution in [0.3, 0.4) is 0 Å². The fourth-order valence-corrected chi connectivity index (χ4v) is 2.11. The molecular weight excluding hydrogens is 220 g/mol. The van der Waals surface area contributed by atoms with E-state index in [1.807, 2.05) is 0 Å². The molecule has 1 heterocycles. The van der Waals surface area contributed by atoms with Gasteiger partial charge in [-0.05, 0) is 26.7 Å². The van der Waals surface area contributed by atoms with Gasteiger partial charge in [0.1, 0.15) is 5.41 Å². The summed E-state index contributed by atoms with van der Waals surface area (Å²) >= 11 is 0. The van der Waals surface area contributed by atoms with Crippen molar-refractivity contribution in [2.45, 2.75) is 32.3 Å². The SMILES string of the molecule is CN(CC(C)(C)O)C(=O)C1(C#N)CCOCC1. The molecule has 1 aliphatic rings. The highest BCUT2D eigenvalue weighted by molar-refractivity contribution is 5.85. The molecule has 0 unspecified atom stereocenters. The molecule has 0 aromatic carbocycles. The molecule has 0 spiro atoms. The molecule has 1 fully saturated rings. The van der Waals surface area contributed by atoms with Crippen LogP contribution in [0.4, 0.5) is 0 Å². The molecule has 5 nitrogen and oxygen atoms in total. The second-order valence-corrected chi connectivity index (χ2v) is 5.28. The van der Waals surface area contributed by atoms with Crippen LogP contribution in [0.25, 0.3) is 0 Å². The number of rotatable bonds is 3. The van der Waals surface area contributed by atoms with E-state index in [1.54, 1.807) is 20.9 Å². The quantitative estimate of drug-likeness (QED) is 0.781. The largest absolute Gasteiger partial charge is 0.389 e. The molecule has 0 aliphatic carbocycles. The van der Waals surface area contributed by atoms with E-state index in [0.29, 0.717) is 26.1 Å². The first-order valence-corrected chi connectivity index (χ1v) is 5.78. The van der Waals surface area contributed by atoms with Gasteiger partial charge in [0, 0.05) is 26.8 Å². The summed E-state index contributed by atoms with van der Waals surface area (Å²) in [5, 5.41) is 18.9. The number of nitrogens with zero attached hydrogens (tertiary/aromatic N) is 2. The first kappa shape index (κ1) is 13.9. The second-order valence-electron chi connectivity index (χ2n) is 5.28. The molecule has 96 valence electrons. The number of hydrogen-bond donors (Lipinski definition) is 1. The molecule has 1 saturated heterocycles. The summed E-state index contributed by atoms with van der Waals surface area (Å²) in [6, 6.07) is 2.13. The average molecular weight is 240 g/mol. The van der Waals surface area contributed by atoms with Crippen molar-refractivity contribution >= 4 is 5.91 Å². The van der Waals surface area contributed by atoms with E-state index in [2.05, 4.69) is 6.07 Å². The zero-order valence-electron chi connectivity index (χ0n) is 10.7. The number of amides is 1. The molecular formula is C12H20N2O3. The Hall–Kier alpha value is -1.12. The fourth-order valence-electron chi connectivity index (χ4n) is 2.11. The summed E-state index contributed by atoms with van der Waals surface area (Å²) in [5.41, 5.74) is -1.93. The molecule has 0 aromatic rings. The zero-order chi connectivity index (χ0) is 13.1. The maximum atomic E-state index is 12.3. The van der Waals surface area contributed by atoms with Crippen molar-refractivity contribution in [3.05, 3.63) is 0 Å². The normalized spacial score (nSPS) is 19.5. The van der Waals surface area contributed by atoms with Gasteiger partial charge in [-0.3, -0.25) is 4.79 Å². The number of hydrogen-bond acceptors (Lipinski definition) is 4. The minimum Gasteiger partial charge on any atom is -0.389 e. The fraction of sp³-hybridized carbons (Fsp3) is 0.833. The molecule has 0 bridgehead atoms. The lowest BCUT2D eigenvalue weighted by molar-refractivity contribution is -0.144. The summed E-state index contributed by atoms with van der Waals surface area (Å²) in [7, 11) is 1.62. The smallest absolute Gasteiger partial charge is 0.243 e. The van der Waals surface area contributed by atoms with E-state index >= 15 is 0 Å². The van der Waals surface area contributed by atoms with Crippen LogP contribution < -0.4 is 0 Å². The van der Waals surface area contributed by atoms with Crippen LogP contribution in [0, 0.1) is 16.7 Å². The Bertz CT molecular complexity index is 322. The Morgan fingerprint density at radius 3 is 2.47 bits per heavy atom. The Balaban J connectivity index is 2.76. The third-order valence-electron chi connectivity index (χ3n) is 2.94. The minimum absolute atomic E-state index is 0.217. The molecule has 1 aliphatic heterocycles. The lowest BCUT2D eigenvalue weighted by atomic mass is 9.80. The maximum absolute atomic E-state index is 12.3. The van der Waals surface area contributed by atoms with Crippen LogP contribution in [0.5, 0.6) is 0 Å². The standard InChI is InChI=1S/C12H20N2O3/c1-11(2,16)9-14(3)10(15)12(8-13)4-6-17-7-5-12/h16H,4-7,9H2,1-3H3. The minimum atomic E-state index is -0.974. The molecule has 5 heteroatoms. The number of aliphatic hydroxyl groups is 1. The summed E-state index contributed by atoms with van der Waals surface area (Å²) in [6.45, 7) is 4.38. The first-order valence-electron chi connectivity index (χ1n) is 5.78. The van der Waals surface area contributed by atoms with Crippen molar-refractivity contribution in [1.82, 2.24) is 4.90 Å². The molecule has 0 saturated carbocycles. The number of carbonyl (C=O) groups excluding carboxylic acids is 1. The Morgan fingerprint density at radius 1 is 1.53 bits per heavy atom. The van der Waals surface area contributed by atoms with Gasteiger partial charge in [0.25, 0.3) is 0 Å². The van der Waals surface area contributed by atoms with E-state index in [-0.39, 0.29) is 12.5 Å². The molecule has 1 amide bonds. The Morgan fingerprint density at radius 2 is 2.06 bits per heavy atom. The van der Waals surface area contributed by atoms with Gasteiger partial charge in [-0.2, -0.15) is 5.26 Å². The van der Waals surface area contributed by atoms with Crippen LogP contribution in [0.1, 0.15) is 26.7 Å². The number of carbonyl (C=O) groups is 1. The average Bonchev–Trinajstić information content (AvgIpc) is 2.26. The van der Waals surface area contributed by atoms with Gasteiger partial charge in [0.05, 0.1) is 11.7 Å². The Labute approximate surface area is 102 Å². The van der Waals surface area contributed by atoms with Crippen LogP contribution in [0.2, 0.25) is 0 Å². The van der Waals surface area contributed by atoms with Crippen molar-refractivity contribution in [3.63, 3.8) is 0 Å².